The quantitative estimate of drug-likeness (QED) is 0.412. The number of likely N-dealkylation sites (tertiary alicyclic amines) is 1. The number of hydrogen-bond donors (Lipinski definition) is 1. The molecule has 0 unspecified atom stereocenters. The van der Waals surface area contributed by atoms with Crippen molar-refractivity contribution in [1.29, 1.82) is 0 Å². The van der Waals surface area contributed by atoms with Gasteiger partial charge in [-0.25, -0.2) is 0 Å². The summed E-state index contributed by atoms with van der Waals surface area (Å²) in [6.45, 7) is 1.70. The first-order valence-electron chi connectivity index (χ1n) is 2.79. The van der Waals surface area contributed by atoms with Gasteiger partial charge in [0, 0.05) is 13.1 Å². The molecule has 0 amide bonds. The van der Waals surface area contributed by atoms with Gasteiger partial charge in [0.2, 0.25) is 0 Å². The Morgan fingerprint density at radius 1 is 1.75 bits per heavy atom. The van der Waals surface area contributed by atoms with Crippen LogP contribution in [-0.2, 0) is 0 Å². The Bertz CT molecular complexity index is 78.8. The van der Waals surface area contributed by atoms with Crippen molar-refractivity contribution in [2.75, 3.05) is 19.1 Å². The van der Waals surface area contributed by atoms with Gasteiger partial charge in [-0.15, -0.1) is 11.6 Å². The second-order valence-electron chi connectivity index (χ2n) is 2.14. The smallest absolute Gasteiger partial charge is 0.0739 e. The molecule has 1 rings (SSSR count). The standard InChI is InChI=1S/C5H10ClNO/c6-4-7-2-1-5(8)3-7/h5,8H,1-4H2/t5-/m1/s1. The predicted molar refractivity (Wildman–Crippen MR) is 32.9 cm³/mol. The number of alkyl halides is 1. The predicted octanol–water partition coefficient (Wildman–Crippen LogP) is 0.249. The molecule has 0 bridgehead atoms. The maximum Gasteiger partial charge on any atom is 0.0739 e. The molecule has 0 aromatic heterocycles. The molecule has 1 aliphatic heterocycles. The van der Waals surface area contributed by atoms with Crippen molar-refractivity contribution in [3.8, 4) is 0 Å². The molecular formula is C5H10ClNO. The highest BCUT2D eigenvalue weighted by atomic mass is 35.5. The summed E-state index contributed by atoms with van der Waals surface area (Å²) in [5.41, 5.74) is 0. The number of hydrogen-bond acceptors (Lipinski definition) is 2. The zero-order valence-electron chi connectivity index (χ0n) is 4.68. The van der Waals surface area contributed by atoms with Crippen molar-refractivity contribution >= 4 is 11.6 Å². The van der Waals surface area contributed by atoms with Gasteiger partial charge in [-0.05, 0) is 6.42 Å². The molecule has 1 N–H and O–H groups in total. The monoisotopic (exact) mass is 135 g/mol. The molecule has 48 valence electrons. The highest BCUT2D eigenvalue weighted by Gasteiger charge is 2.18. The summed E-state index contributed by atoms with van der Waals surface area (Å²) in [5.74, 6) is 0. The third-order valence-corrected chi connectivity index (χ3v) is 1.75. The third-order valence-electron chi connectivity index (χ3n) is 1.42. The maximum absolute atomic E-state index is 8.93. The Hall–Kier alpha value is 0.210. The first-order valence-corrected chi connectivity index (χ1v) is 3.33. The molecule has 1 heterocycles. The molecule has 3 heteroatoms. The molecule has 8 heavy (non-hydrogen) atoms. The summed E-state index contributed by atoms with van der Waals surface area (Å²) >= 11 is 5.49. The van der Waals surface area contributed by atoms with E-state index in [1.54, 1.807) is 0 Å². The van der Waals surface area contributed by atoms with E-state index in [2.05, 4.69) is 0 Å². The van der Waals surface area contributed by atoms with Crippen LogP contribution in [0.25, 0.3) is 0 Å². The summed E-state index contributed by atoms with van der Waals surface area (Å²) in [5, 5.41) is 8.93. The van der Waals surface area contributed by atoms with Crippen LogP contribution in [0.3, 0.4) is 0 Å². The van der Waals surface area contributed by atoms with Gasteiger partial charge in [-0.1, -0.05) is 0 Å². The largest absolute Gasteiger partial charge is 0.392 e. The van der Waals surface area contributed by atoms with Crippen LogP contribution in [0.15, 0.2) is 0 Å². The lowest BCUT2D eigenvalue weighted by Crippen LogP contribution is -2.19. The van der Waals surface area contributed by atoms with Crippen LogP contribution in [0.5, 0.6) is 0 Å². The van der Waals surface area contributed by atoms with Gasteiger partial charge in [0.25, 0.3) is 0 Å². The maximum atomic E-state index is 8.93. The van der Waals surface area contributed by atoms with Crippen molar-refractivity contribution in [2.24, 2.45) is 0 Å². The van der Waals surface area contributed by atoms with Crippen molar-refractivity contribution in [3.63, 3.8) is 0 Å². The minimum absolute atomic E-state index is 0.131. The van der Waals surface area contributed by atoms with Crippen LogP contribution in [0.1, 0.15) is 6.42 Å². The second kappa shape index (κ2) is 2.67. The average molecular weight is 136 g/mol. The van der Waals surface area contributed by atoms with Crippen LogP contribution < -0.4 is 0 Å². The fourth-order valence-corrected chi connectivity index (χ4v) is 1.14. The molecule has 1 aliphatic rings. The normalized spacial score (nSPS) is 31.5. The first-order chi connectivity index (χ1) is 3.83. The van der Waals surface area contributed by atoms with Gasteiger partial charge in [0.15, 0.2) is 0 Å². The Morgan fingerprint density at radius 3 is 2.75 bits per heavy atom. The minimum atomic E-state index is -0.131. The Kier molecular flexibility index (Phi) is 2.11. The fourth-order valence-electron chi connectivity index (χ4n) is 0.921. The van der Waals surface area contributed by atoms with Gasteiger partial charge in [0.1, 0.15) is 0 Å². The number of nitrogens with zero attached hydrogens (tertiary/aromatic N) is 1. The molecule has 1 saturated heterocycles. The van der Waals surface area contributed by atoms with Gasteiger partial charge in [-0.2, -0.15) is 0 Å². The average Bonchev–Trinajstić information content (AvgIpc) is 2.14. The van der Waals surface area contributed by atoms with Crippen LogP contribution >= 0.6 is 11.6 Å². The van der Waals surface area contributed by atoms with E-state index in [0.717, 1.165) is 19.5 Å². The molecule has 2 nitrogen and oxygen atoms in total. The first kappa shape index (κ1) is 6.33. The van der Waals surface area contributed by atoms with E-state index < -0.39 is 0 Å². The summed E-state index contributed by atoms with van der Waals surface area (Å²) < 4.78 is 0. The number of aliphatic hydroxyl groups excluding tert-OH is 1. The van der Waals surface area contributed by atoms with Gasteiger partial charge in [0.05, 0.1) is 12.1 Å². The van der Waals surface area contributed by atoms with Crippen molar-refractivity contribution in [2.45, 2.75) is 12.5 Å². The fraction of sp³-hybridized carbons (Fsp3) is 1.00. The Morgan fingerprint density at radius 2 is 2.50 bits per heavy atom. The molecule has 1 fully saturated rings. The molecule has 0 radical (unpaired) electrons. The van der Waals surface area contributed by atoms with Crippen LogP contribution in [0.4, 0.5) is 0 Å². The van der Waals surface area contributed by atoms with E-state index in [1.807, 2.05) is 4.90 Å². The topological polar surface area (TPSA) is 23.5 Å². The molecule has 0 aliphatic carbocycles. The number of halogens is 1. The molecule has 0 saturated carbocycles. The summed E-state index contributed by atoms with van der Waals surface area (Å²) in [7, 11) is 0. The Balaban J connectivity index is 2.22. The van der Waals surface area contributed by atoms with E-state index in [-0.39, 0.29) is 6.10 Å². The SMILES string of the molecule is O[C@@H]1CCN(CCl)C1. The molecule has 0 spiro atoms. The molecular weight excluding hydrogens is 126 g/mol. The van der Waals surface area contributed by atoms with Crippen molar-refractivity contribution < 1.29 is 5.11 Å². The van der Waals surface area contributed by atoms with Gasteiger partial charge >= 0.3 is 0 Å². The lowest BCUT2D eigenvalue weighted by molar-refractivity contribution is 0.181. The minimum Gasteiger partial charge on any atom is -0.392 e. The van der Waals surface area contributed by atoms with Crippen LogP contribution in [0, 0.1) is 0 Å². The van der Waals surface area contributed by atoms with E-state index in [9.17, 15) is 0 Å². The Labute approximate surface area is 54.1 Å². The summed E-state index contributed by atoms with van der Waals surface area (Å²) in [6.07, 6.45) is 0.751. The zero-order chi connectivity index (χ0) is 5.98. The van der Waals surface area contributed by atoms with Crippen molar-refractivity contribution in [1.82, 2.24) is 4.90 Å². The van der Waals surface area contributed by atoms with Crippen LogP contribution in [0.2, 0.25) is 0 Å². The number of rotatable bonds is 1. The van der Waals surface area contributed by atoms with E-state index in [4.69, 9.17) is 16.7 Å². The van der Waals surface area contributed by atoms with E-state index in [0.29, 0.717) is 6.00 Å². The van der Waals surface area contributed by atoms with Crippen molar-refractivity contribution in [3.05, 3.63) is 0 Å². The van der Waals surface area contributed by atoms with Crippen LogP contribution in [-0.4, -0.2) is 35.2 Å². The van der Waals surface area contributed by atoms with Gasteiger partial charge in [-0.3, -0.25) is 4.90 Å². The third kappa shape index (κ3) is 1.34. The molecule has 0 aromatic carbocycles. The van der Waals surface area contributed by atoms with E-state index >= 15 is 0 Å². The number of aliphatic hydroxyl groups is 1. The molecule has 0 aromatic rings. The molecule has 1 atom stereocenters. The lowest BCUT2D eigenvalue weighted by atomic mass is 10.3. The number of β-amino-alcohol motifs (C(OH)–C–C–N with tert-alkyl or cyclic N) is 1. The summed E-state index contributed by atoms with van der Waals surface area (Å²) in [4.78, 5) is 2.02. The second-order valence-corrected chi connectivity index (χ2v) is 2.38. The van der Waals surface area contributed by atoms with Gasteiger partial charge < -0.3 is 5.11 Å². The van der Waals surface area contributed by atoms with E-state index in [1.165, 1.54) is 0 Å². The lowest BCUT2D eigenvalue weighted by Gasteiger charge is -2.07. The highest BCUT2D eigenvalue weighted by molar-refractivity contribution is 6.17. The zero-order valence-corrected chi connectivity index (χ0v) is 5.43. The highest BCUT2D eigenvalue weighted by Crippen LogP contribution is 2.07. The summed E-state index contributed by atoms with van der Waals surface area (Å²) in [6, 6.07) is 0.553.